The van der Waals surface area contributed by atoms with Gasteiger partial charge < -0.3 is 9.84 Å². The number of hydrogen-bond donors (Lipinski definition) is 1. The van der Waals surface area contributed by atoms with Gasteiger partial charge in [0.25, 0.3) is 0 Å². The van der Waals surface area contributed by atoms with E-state index >= 15 is 0 Å². The van der Waals surface area contributed by atoms with Crippen LogP contribution in [0.4, 0.5) is 5.69 Å². The first kappa shape index (κ1) is 16.4. The van der Waals surface area contributed by atoms with E-state index in [2.05, 4.69) is 20.4 Å². The minimum absolute atomic E-state index is 0.191. The average Bonchev–Trinajstić information content (AvgIpc) is 3.05. The summed E-state index contributed by atoms with van der Waals surface area (Å²) in [6, 6.07) is 8.43. The van der Waals surface area contributed by atoms with Crippen molar-refractivity contribution in [2.45, 2.75) is 12.8 Å². The van der Waals surface area contributed by atoms with Gasteiger partial charge in [0.15, 0.2) is 0 Å². The van der Waals surface area contributed by atoms with Crippen LogP contribution >= 0.6 is 23.2 Å². The van der Waals surface area contributed by atoms with Crippen LogP contribution in [0.1, 0.15) is 12.3 Å². The lowest BCUT2D eigenvalue weighted by atomic mass is 10.2. The van der Waals surface area contributed by atoms with E-state index in [0.717, 1.165) is 5.56 Å². The van der Waals surface area contributed by atoms with Crippen LogP contribution in [0.2, 0.25) is 10.0 Å². The molecule has 0 aliphatic rings. The highest BCUT2D eigenvalue weighted by Crippen LogP contribution is 2.25. The molecule has 122 valence electrons. The number of pyridine rings is 1. The quantitative estimate of drug-likeness (QED) is 0.741. The van der Waals surface area contributed by atoms with Crippen LogP contribution < -0.4 is 5.32 Å². The molecule has 0 aliphatic heterocycles. The number of amides is 1. The second-order valence-corrected chi connectivity index (χ2v) is 5.76. The van der Waals surface area contributed by atoms with Crippen molar-refractivity contribution in [1.82, 2.24) is 15.1 Å². The Labute approximate surface area is 147 Å². The average molecular weight is 363 g/mol. The van der Waals surface area contributed by atoms with E-state index < -0.39 is 0 Å². The lowest BCUT2D eigenvalue weighted by molar-refractivity contribution is -0.116. The van der Waals surface area contributed by atoms with Crippen LogP contribution in [0.5, 0.6) is 0 Å². The number of aromatic nitrogens is 3. The molecule has 1 aromatic carbocycles. The van der Waals surface area contributed by atoms with Crippen molar-refractivity contribution < 1.29 is 9.32 Å². The highest BCUT2D eigenvalue weighted by atomic mass is 35.5. The van der Waals surface area contributed by atoms with Crippen molar-refractivity contribution in [2.75, 3.05) is 5.32 Å². The highest BCUT2D eigenvalue weighted by Gasteiger charge is 2.11. The number of rotatable bonds is 5. The molecule has 0 saturated heterocycles. The van der Waals surface area contributed by atoms with Gasteiger partial charge in [0, 0.05) is 35.8 Å². The Morgan fingerprint density at radius 3 is 2.71 bits per heavy atom. The molecule has 0 radical (unpaired) electrons. The molecular formula is C16H12Cl2N4O2. The van der Waals surface area contributed by atoms with Gasteiger partial charge in [-0.1, -0.05) is 28.4 Å². The number of halogens is 2. The smallest absolute Gasteiger partial charge is 0.227 e. The molecule has 2 aromatic heterocycles. The standard InChI is InChI=1S/C16H12Cl2N4O2/c17-11-1-2-13(12(18)9-11)20-14(23)3-4-15-21-16(22-24-15)10-5-7-19-8-6-10/h1-2,5-9H,3-4H2,(H,20,23). The molecule has 8 heteroatoms. The lowest BCUT2D eigenvalue weighted by Gasteiger charge is -2.06. The van der Waals surface area contributed by atoms with Gasteiger partial charge in [-0.15, -0.1) is 0 Å². The van der Waals surface area contributed by atoms with Crippen molar-refractivity contribution in [3.63, 3.8) is 0 Å². The van der Waals surface area contributed by atoms with Crippen molar-refractivity contribution in [2.24, 2.45) is 0 Å². The summed E-state index contributed by atoms with van der Waals surface area (Å²) in [6.45, 7) is 0. The first-order chi connectivity index (χ1) is 11.6. The summed E-state index contributed by atoms with van der Waals surface area (Å²) in [7, 11) is 0. The second kappa shape index (κ2) is 7.42. The number of carbonyl (C=O) groups is 1. The topological polar surface area (TPSA) is 80.9 Å². The van der Waals surface area contributed by atoms with Gasteiger partial charge in [-0.3, -0.25) is 9.78 Å². The molecule has 3 aromatic rings. The Morgan fingerprint density at radius 1 is 1.17 bits per heavy atom. The van der Waals surface area contributed by atoms with E-state index in [4.69, 9.17) is 27.7 Å². The van der Waals surface area contributed by atoms with Crippen molar-refractivity contribution in [3.8, 4) is 11.4 Å². The third-order valence-electron chi connectivity index (χ3n) is 3.18. The summed E-state index contributed by atoms with van der Waals surface area (Å²) in [5, 5.41) is 7.50. The molecule has 0 fully saturated rings. The first-order valence-corrected chi connectivity index (χ1v) is 7.85. The fourth-order valence-corrected chi connectivity index (χ4v) is 2.45. The van der Waals surface area contributed by atoms with E-state index in [1.54, 1.807) is 42.7 Å². The number of nitrogens with zero attached hydrogens (tertiary/aromatic N) is 3. The molecule has 24 heavy (non-hydrogen) atoms. The molecule has 2 heterocycles. The SMILES string of the molecule is O=C(CCc1nc(-c2ccncc2)no1)Nc1ccc(Cl)cc1Cl. The molecule has 6 nitrogen and oxygen atoms in total. The Morgan fingerprint density at radius 2 is 1.96 bits per heavy atom. The van der Waals surface area contributed by atoms with Crippen molar-refractivity contribution in [3.05, 3.63) is 58.7 Å². The Hall–Kier alpha value is -2.44. The third kappa shape index (κ3) is 4.10. The summed E-state index contributed by atoms with van der Waals surface area (Å²) in [5.74, 6) is 0.649. The lowest BCUT2D eigenvalue weighted by Crippen LogP contribution is -2.12. The van der Waals surface area contributed by atoms with Crippen LogP contribution in [0.15, 0.2) is 47.2 Å². The van der Waals surface area contributed by atoms with Crippen LogP contribution in [0, 0.1) is 0 Å². The second-order valence-electron chi connectivity index (χ2n) is 4.92. The predicted molar refractivity (Wildman–Crippen MR) is 90.9 cm³/mol. The summed E-state index contributed by atoms with van der Waals surface area (Å²) in [5.41, 5.74) is 1.31. The summed E-state index contributed by atoms with van der Waals surface area (Å²) in [6.07, 6.45) is 3.81. The fraction of sp³-hybridized carbons (Fsp3) is 0.125. The van der Waals surface area contributed by atoms with Gasteiger partial charge in [0.1, 0.15) is 0 Å². The predicted octanol–water partition coefficient (Wildman–Crippen LogP) is 4.01. The van der Waals surface area contributed by atoms with Crippen LogP contribution in [-0.2, 0) is 11.2 Å². The van der Waals surface area contributed by atoms with Gasteiger partial charge in [-0.05, 0) is 30.3 Å². The molecule has 0 saturated carbocycles. The highest BCUT2D eigenvalue weighted by molar-refractivity contribution is 6.36. The summed E-state index contributed by atoms with van der Waals surface area (Å²) < 4.78 is 5.15. The van der Waals surface area contributed by atoms with Crippen LogP contribution in [-0.4, -0.2) is 21.0 Å². The van der Waals surface area contributed by atoms with Crippen LogP contribution in [0.3, 0.4) is 0 Å². The van der Waals surface area contributed by atoms with Gasteiger partial charge >= 0.3 is 0 Å². The zero-order chi connectivity index (χ0) is 16.9. The number of carbonyl (C=O) groups excluding carboxylic acids is 1. The number of benzene rings is 1. The monoisotopic (exact) mass is 362 g/mol. The number of aryl methyl sites for hydroxylation is 1. The molecular weight excluding hydrogens is 351 g/mol. The molecule has 1 amide bonds. The first-order valence-electron chi connectivity index (χ1n) is 7.10. The maximum Gasteiger partial charge on any atom is 0.227 e. The molecule has 0 atom stereocenters. The summed E-state index contributed by atoms with van der Waals surface area (Å²) >= 11 is 11.8. The Bertz CT molecular complexity index is 852. The molecule has 3 rings (SSSR count). The number of hydrogen-bond acceptors (Lipinski definition) is 5. The normalized spacial score (nSPS) is 10.6. The third-order valence-corrected chi connectivity index (χ3v) is 3.73. The van der Waals surface area contributed by atoms with E-state index in [1.165, 1.54) is 0 Å². The number of anilines is 1. The van der Waals surface area contributed by atoms with Crippen molar-refractivity contribution in [1.29, 1.82) is 0 Å². The van der Waals surface area contributed by atoms with E-state index in [0.29, 0.717) is 33.9 Å². The minimum atomic E-state index is -0.206. The number of nitrogens with one attached hydrogen (secondary N) is 1. The maximum atomic E-state index is 12.0. The molecule has 1 N–H and O–H groups in total. The van der Waals surface area contributed by atoms with Gasteiger partial charge in [-0.2, -0.15) is 4.98 Å². The van der Waals surface area contributed by atoms with Gasteiger partial charge in [-0.25, -0.2) is 0 Å². The molecule has 0 bridgehead atoms. The maximum absolute atomic E-state index is 12.0. The van der Waals surface area contributed by atoms with E-state index in [1.807, 2.05) is 0 Å². The van der Waals surface area contributed by atoms with E-state index in [-0.39, 0.29) is 12.3 Å². The zero-order valence-electron chi connectivity index (χ0n) is 12.4. The minimum Gasteiger partial charge on any atom is -0.339 e. The summed E-state index contributed by atoms with van der Waals surface area (Å²) in [4.78, 5) is 20.2. The zero-order valence-corrected chi connectivity index (χ0v) is 13.9. The van der Waals surface area contributed by atoms with Crippen molar-refractivity contribution >= 4 is 34.8 Å². The molecule has 0 spiro atoms. The molecule has 0 aliphatic carbocycles. The fourth-order valence-electron chi connectivity index (χ4n) is 2.00. The van der Waals surface area contributed by atoms with Crippen LogP contribution in [0.25, 0.3) is 11.4 Å². The van der Waals surface area contributed by atoms with E-state index in [9.17, 15) is 4.79 Å². The molecule has 0 unspecified atom stereocenters. The van der Waals surface area contributed by atoms with Gasteiger partial charge in [0.05, 0.1) is 10.7 Å². The largest absolute Gasteiger partial charge is 0.339 e. The van der Waals surface area contributed by atoms with Gasteiger partial charge in [0.2, 0.25) is 17.6 Å². The Kier molecular flexibility index (Phi) is 5.08. The Balaban J connectivity index is 1.58.